The van der Waals surface area contributed by atoms with E-state index in [1.54, 1.807) is 0 Å². The fourth-order valence-electron chi connectivity index (χ4n) is 5.62. The standard InChI is InChI=1S/C33H52N2O/c1-3-5-7-9-10-11-12-14-28-15-17-29(18-16-28)19-20-30-26-34-33(35-27-30)31-21-23-32(24-22-31)36-25-13-8-6-4-2/h21-24,26-29H,3-20,25H2,1-2H3/t28-,29-. The average Bonchev–Trinajstić information content (AvgIpc) is 2.93. The third-order valence-corrected chi connectivity index (χ3v) is 8.11. The zero-order valence-electron chi connectivity index (χ0n) is 23.4. The molecular formula is C33H52N2O. The highest BCUT2D eigenvalue weighted by Crippen LogP contribution is 2.34. The molecule has 0 saturated heterocycles. The van der Waals surface area contributed by atoms with Crippen molar-refractivity contribution < 1.29 is 4.74 Å². The normalized spacial score (nSPS) is 17.8. The van der Waals surface area contributed by atoms with Crippen LogP contribution < -0.4 is 4.74 Å². The molecule has 0 amide bonds. The molecular weight excluding hydrogens is 440 g/mol. The molecule has 0 N–H and O–H groups in total. The summed E-state index contributed by atoms with van der Waals surface area (Å²) >= 11 is 0. The smallest absolute Gasteiger partial charge is 0.159 e. The van der Waals surface area contributed by atoms with Gasteiger partial charge in [0.15, 0.2) is 5.82 Å². The fraction of sp³-hybridized carbons (Fsp3) is 0.697. The lowest BCUT2D eigenvalue weighted by atomic mass is 9.78. The molecule has 0 bridgehead atoms. The number of aromatic nitrogens is 2. The summed E-state index contributed by atoms with van der Waals surface area (Å²) in [6.45, 7) is 5.33. The number of aryl methyl sites for hydroxylation is 1. The molecule has 0 radical (unpaired) electrons. The Labute approximate surface area is 221 Å². The molecule has 3 nitrogen and oxygen atoms in total. The van der Waals surface area contributed by atoms with E-state index >= 15 is 0 Å². The van der Waals surface area contributed by atoms with Crippen molar-refractivity contribution in [2.24, 2.45) is 11.8 Å². The largest absolute Gasteiger partial charge is 0.494 e. The van der Waals surface area contributed by atoms with Gasteiger partial charge in [0.25, 0.3) is 0 Å². The van der Waals surface area contributed by atoms with Crippen LogP contribution in [0.3, 0.4) is 0 Å². The first-order chi connectivity index (χ1) is 17.8. The third kappa shape index (κ3) is 11.0. The third-order valence-electron chi connectivity index (χ3n) is 8.11. The Morgan fingerprint density at radius 2 is 1.22 bits per heavy atom. The van der Waals surface area contributed by atoms with Gasteiger partial charge in [-0.25, -0.2) is 9.97 Å². The molecule has 1 aliphatic rings. The van der Waals surface area contributed by atoms with E-state index < -0.39 is 0 Å². The monoisotopic (exact) mass is 492 g/mol. The molecule has 36 heavy (non-hydrogen) atoms. The van der Waals surface area contributed by atoms with E-state index in [4.69, 9.17) is 4.74 Å². The first kappa shape index (κ1) is 28.7. The van der Waals surface area contributed by atoms with Crippen LogP contribution in [0.25, 0.3) is 11.4 Å². The molecule has 1 heterocycles. The van der Waals surface area contributed by atoms with Crippen LogP contribution in [0.5, 0.6) is 5.75 Å². The molecule has 1 aromatic carbocycles. The molecule has 3 rings (SSSR count). The highest BCUT2D eigenvalue weighted by Gasteiger charge is 2.20. The van der Waals surface area contributed by atoms with Crippen molar-refractivity contribution in [3.05, 3.63) is 42.2 Å². The number of hydrogen-bond acceptors (Lipinski definition) is 3. The number of benzene rings is 1. The summed E-state index contributed by atoms with van der Waals surface area (Å²) in [7, 11) is 0. The Hall–Kier alpha value is -1.90. The van der Waals surface area contributed by atoms with Crippen LogP contribution in [-0.2, 0) is 6.42 Å². The number of ether oxygens (including phenoxy) is 1. The van der Waals surface area contributed by atoms with Gasteiger partial charge in [-0.3, -0.25) is 0 Å². The Morgan fingerprint density at radius 1 is 0.667 bits per heavy atom. The van der Waals surface area contributed by atoms with Gasteiger partial charge in [0.1, 0.15) is 5.75 Å². The minimum absolute atomic E-state index is 0.797. The maximum absolute atomic E-state index is 5.86. The minimum Gasteiger partial charge on any atom is -0.494 e. The highest BCUT2D eigenvalue weighted by molar-refractivity contribution is 5.55. The van der Waals surface area contributed by atoms with Crippen molar-refractivity contribution in [3.8, 4) is 17.1 Å². The highest BCUT2D eigenvalue weighted by atomic mass is 16.5. The van der Waals surface area contributed by atoms with E-state index in [1.165, 1.54) is 108 Å². The predicted molar refractivity (Wildman–Crippen MR) is 153 cm³/mol. The van der Waals surface area contributed by atoms with Crippen LogP contribution >= 0.6 is 0 Å². The van der Waals surface area contributed by atoms with Crippen molar-refractivity contribution >= 4 is 0 Å². The molecule has 0 aliphatic heterocycles. The molecule has 1 aliphatic carbocycles. The van der Waals surface area contributed by atoms with Crippen LogP contribution in [0.2, 0.25) is 0 Å². The summed E-state index contributed by atoms with van der Waals surface area (Å²) in [6, 6.07) is 8.22. The summed E-state index contributed by atoms with van der Waals surface area (Å²) in [5.41, 5.74) is 2.33. The van der Waals surface area contributed by atoms with Crippen molar-refractivity contribution in [2.45, 2.75) is 129 Å². The lowest BCUT2D eigenvalue weighted by Crippen LogP contribution is -2.15. The van der Waals surface area contributed by atoms with Gasteiger partial charge in [-0.2, -0.15) is 0 Å². The molecule has 0 unspecified atom stereocenters. The van der Waals surface area contributed by atoms with Gasteiger partial charge in [-0.05, 0) is 60.9 Å². The quantitative estimate of drug-likeness (QED) is 0.194. The second-order valence-electron chi connectivity index (χ2n) is 11.2. The molecule has 1 fully saturated rings. The molecule has 0 atom stereocenters. The number of unbranched alkanes of at least 4 members (excludes halogenated alkanes) is 9. The van der Waals surface area contributed by atoms with Crippen molar-refractivity contribution in [1.29, 1.82) is 0 Å². The predicted octanol–water partition coefficient (Wildman–Crippen LogP) is 9.98. The molecule has 1 saturated carbocycles. The second kappa shape index (κ2) is 17.5. The molecule has 0 spiro atoms. The number of nitrogens with zero attached hydrogens (tertiary/aromatic N) is 2. The Morgan fingerprint density at radius 3 is 1.86 bits per heavy atom. The van der Waals surface area contributed by atoms with Crippen LogP contribution in [-0.4, -0.2) is 16.6 Å². The second-order valence-corrected chi connectivity index (χ2v) is 11.2. The van der Waals surface area contributed by atoms with Gasteiger partial charge >= 0.3 is 0 Å². The first-order valence-electron chi connectivity index (χ1n) is 15.3. The first-order valence-corrected chi connectivity index (χ1v) is 15.3. The SMILES string of the molecule is CCCCCCCCC[C@H]1CC[C@H](CCc2cnc(-c3ccc(OCCCCCC)cc3)nc2)CC1. The van der Waals surface area contributed by atoms with Gasteiger partial charge in [-0.1, -0.05) is 110 Å². The van der Waals surface area contributed by atoms with E-state index in [-0.39, 0.29) is 0 Å². The molecule has 2 aromatic rings. The lowest BCUT2D eigenvalue weighted by molar-refractivity contribution is 0.248. The van der Waals surface area contributed by atoms with Gasteiger partial charge in [0.2, 0.25) is 0 Å². The Bertz CT molecular complexity index is 793. The van der Waals surface area contributed by atoms with Crippen LogP contribution in [0, 0.1) is 11.8 Å². The van der Waals surface area contributed by atoms with E-state index in [9.17, 15) is 0 Å². The maximum Gasteiger partial charge on any atom is 0.159 e. The average molecular weight is 493 g/mol. The van der Waals surface area contributed by atoms with Gasteiger partial charge in [0.05, 0.1) is 6.61 Å². The topological polar surface area (TPSA) is 35.0 Å². The summed E-state index contributed by atoms with van der Waals surface area (Å²) < 4.78 is 5.86. The summed E-state index contributed by atoms with van der Waals surface area (Å²) in [5, 5.41) is 0. The van der Waals surface area contributed by atoms with E-state index in [1.807, 2.05) is 24.5 Å². The summed E-state index contributed by atoms with van der Waals surface area (Å²) in [4.78, 5) is 9.33. The van der Waals surface area contributed by atoms with E-state index in [0.717, 1.165) is 48.4 Å². The number of rotatable bonds is 18. The summed E-state index contributed by atoms with van der Waals surface area (Å²) in [6.07, 6.45) is 28.6. The molecule has 1 aromatic heterocycles. The Balaban J connectivity index is 1.29. The lowest BCUT2D eigenvalue weighted by Gasteiger charge is -2.28. The zero-order chi connectivity index (χ0) is 25.3. The van der Waals surface area contributed by atoms with Crippen LogP contribution in [0.15, 0.2) is 36.7 Å². The van der Waals surface area contributed by atoms with E-state index in [0.29, 0.717) is 0 Å². The fourth-order valence-corrected chi connectivity index (χ4v) is 5.62. The van der Waals surface area contributed by atoms with Gasteiger partial charge in [-0.15, -0.1) is 0 Å². The van der Waals surface area contributed by atoms with Crippen molar-refractivity contribution in [2.75, 3.05) is 6.61 Å². The summed E-state index contributed by atoms with van der Waals surface area (Å²) in [5.74, 6) is 3.63. The Kier molecular flexibility index (Phi) is 14.0. The van der Waals surface area contributed by atoms with Gasteiger partial charge in [0, 0.05) is 18.0 Å². The zero-order valence-corrected chi connectivity index (χ0v) is 23.4. The van der Waals surface area contributed by atoms with Crippen molar-refractivity contribution in [3.63, 3.8) is 0 Å². The molecule has 3 heteroatoms. The molecule has 200 valence electrons. The van der Waals surface area contributed by atoms with Gasteiger partial charge < -0.3 is 4.74 Å². The van der Waals surface area contributed by atoms with Crippen molar-refractivity contribution in [1.82, 2.24) is 9.97 Å². The maximum atomic E-state index is 5.86. The van der Waals surface area contributed by atoms with Crippen LogP contribution in [0.1, 0.15) is 129 Å². The van der Waals surface area contributed by atoms with Crippen LogP contribution in [0.4, 0.5) is 0 Å². The number of hydrogen-bond donors (Lipinski definition) is 0. The minimum atomic E-state index is 0.797. The van der Waals surface area contributed by atoms with E-state index in [2.05, 4.69) is 35.9 Å².